The lowest BCUT2D eigenvalue weighted by Gasteiger charge is -2.29. The number of dihydropyridines is 1. The number of fused-ring (bicyclic) bond motifs is 1. The molecule has 0 radical (unpaired) electrons. The van der Waals surface area contributed by atoms with Crippen molar-refractivity contribution < 1.29 is 13.2 Å². The van der Waals surface area contributed by atoms with E-state index in [0.29, 0.717) is 11.3 Å². The highest BCUT2D eigenvalue weighted by atomic mass is 19.4. The van der Waals surface area contributed by atoms with Crippen LogP contribution in [0.5, 0.6) is 0 Å². The van der Waals surface area contributed by atoms with Crippen molar-refractivity contribution in [1.82, 2.24) is 15.5 Å². The minimum Gasteiger partial charge on any atom is -0.353 e. The summed E-state index contributed by atoms with van der Waals surface area (Å²) in [5.74, 6) is -1.07. The van der Waals surface area contributed by atoms with Gasteiger partial charge in [0.15, 0.2) is 0 Å². The van der Waals surface area contributed by atoms with Crippen LogP contribution in [0, 0.1) is 29.6 Å². The number of halogens is 3. The lowest BCUT2D eigenvalue weighted by Crippen LogP contribution is -2.33. The molecule has 0 saturated heterocycles. The first kappa shape index (κ1) is 17.6. The Balaban J connectivity index is 2.30. The van der Waals surface area contributed by atoms with Crippen molar-refractivity contribution >= 4 is 10.9 Å². The topological polar surface area (TPSA) is 88.3 Å². The maximum atomic E-state index is 13.5. The van der Waals surface area contributed by atoms with Crippen LogP contribution in [0.2, 0.25) is 0 Å². The number of benzene rings is 1. The monoisotopic (exact) mass is 357 g/mol. The zero-order valence-corrected chi connectivity index (χ0v) is 14.0. The van der Waals surface area contributed by atoms with Crippen LogP contribution in [0.15, 0.2) is 40.7 Å². The second-order valence-corrected chi connectivity index (χ2v) is 5.93. The standard InChI is InChI=1S/C18H14F3N5/c1-3-14-12(7-22)16(13(8-23)17(24-14)18(19,20)21)10-4-5-15-11(6-10)9(2)25-26-15/h4-6,16,24H,3H2,1-2H3,(H,25,26). The molecule has 3 rings (SSSR count). The Bertz CT molecular complexity index is 1030. The van der Waals surface area contributed by atoms with Crippen molar-refractivity contribution in [3.8, 4) is 12.1 Å². The summed E-state index contributed by atoms with van der Waals surface area (Å²) >= 11 is 0. The number of rotatable bonds is 2. The third-order valence-corrected chi connectivity index (χ3v) is 4.44. The second kappa shape index (κ2) is 6.23. The first-order valence-electron chi connectivity index (χ1n) is 7.88. The van der Waals surface area contributed by atoms with E-state index in [9.17, 15) is 23.7 Å². The van der Waals surface area contributed by atoms with E-state index >= 15 is 0 Å². The van der Waals surface area contributed by atoms with Gasteiger partial charge < -0.3 is 5.32 Å². The SMILES string of the molecule is CCC1=C(C#N)C(c2ccc3[nH]nc(C)c3c2)C(C#N)=C(C(F)(F)F)N1. The number of nitriles is 2. The van der Waals surface area contributed by atoms with Gasteiger partial charge in [-0.15, -0.1) is 0 Å². The van der Waals surface area contributed by atoms with Crippen LogP contribution in [-0.4, -0.2) is 16.4 Å². The summed E-state index contributed by atoms with van der Waals surface area (Å²) in [7, 11) is 0. The molecule has 26 heavy (non-hydrogen) atoms. The molecule has 0 spiro atoms. The molecule has 0 aliphatic carbocycles. The molecule has 1 aliphatic rings. The summed E-state index contributed by atoms with van der Waals surface area (Å²) in [6.07, 6.45) is -4.51. The molecular formula is C18H14F3N5. The Kier molecular flexibility index (Phi) is 4.21. The molecule has 132 valence electrons. The van der Waals surface area contributed by atoms with Crippen molar-refractivity contribution in [3.05, 3.63) is 52.0 Å². The van der Waals surface area contributed by atoms with Crippen molar-refractivity contribution in [3.63, 3.8) is 0 Å². The summed E-state index contributed by atoms with van der Waals surface area (Å²) in [5, 5.41) is 28.9. The molecule has 1 unspecified atom stereocenters. The van der Waals surface area contributed by atoms with Gasteiger partial charge in [0, 0.05) is 11.1 Å². The molecule has 1 aromatic heterocycles. The van der Waals surface area contributed by atoms with Crippen LogP contribution < -0.4 is 5.32 Å². The van der Waals surface area contributed by atoms with Gasteiger partial charge in [-0.3, -0.25) is 5.10 Å². The third-order valence-electron chi connectivity index (χ3n) is 4.44. The van der Waals surface area contributed by atoms with Crippen LogP contribution in [0.4, 0.5) is 13.2 Å². The molecule has 0 bridgehead atoms. The zero-order valence-electron chi connectivity index (χ0n) is 14.0. The average molecular weight is 357 g/mol. The minimum absolute atomic E-state index is 0.123. The maximum absolute atomic E-state index is 13.5. The van der Waals surface area contributed by atoms with Crippen molar-refractivity contribution in [2.45, 2.75) is 32.4 Å². The van der Waals surface area contributed by atoms with Gasteiger partial charge in [-0.1, -0.05) is 13.0 Å². The fourth-order valence-corrected chi connectivity index (χ4v) is 3.18. The highest BCUT2D eigenvalue weighted by molar-refractivity contribution is 5.82. The smallest absolute Gasteiger partial charge is 0.353 e. The molecule has 2 N–H and O–H groups in total. The minimum atomic E-state index is -4.72. The first-order valence-corrected chi connectivity index (χ1v) is 7.88. The number of aromatic nitrogens is 2. The molecule has 2 aromatic rings. The van der Waals surface area contributed by atoms with Crippen LogP contribution >= 0.6 is 0 Å². The average Bonchev–Trinajstić information content (AvgIpc) is 2.99. The van der Waals surface area contributed by atoms with Crippen molar-refractivity contribution in [2.24, 2.45) is 0 Å². The molecule has 0 saturated carbocycles. The van der Waals surface area contributed by atoms with E-state index in [0.717, 1.165) is 10.9 Å². The molecule has 2 heterocycles. The Morgan fingerprint density at radius 2 is 1.88 bits per heavy atom. The van der Waals surface area contributed by atoms with E-state index in [1.165, 1.54) is 0 Å². The predicted molar refractivity (Wildman–Crippen MR) is 88.3 cm³/mol. The number of hydrogen-bond donors (Lipinski definition) is 2. The lowest BCUT2D eigenvalue weighted by molar-refractivity contribution is -0.0970. The number of nitrogens with one attached hydrogen (secondary N) is 2. The molecule has 8 heteroatoms. The number of aromatic amines is 1. The van der Waals surface area contributed by atoms with Crippen LogP contribution in [0.1, 0.15) is 30.5 Å². The third kappa shape index (κ3) is 2.70. The number of hydrogen-bond acceptors (Lipinski definition) is 4. The number of aryl methyl sites for hydroxylation is 1. The Labute approximate surface area is 147 Å². The molecule has 5 nitrogen and oxygen atoms in total. The summed E-state index contributed by atoms with van der Waals surface area (Å²) in [6, 6.07) is 8.64. The quantitative estimate of drug-likeness (QED) is 0.847. The van der Waals surface area contributed by atoms with E-state index in [1.54, 1.807) is 38.1 Å². The van der Waals surface area contributed by atoms with Crippen LogP contribution in [-0.2, 0) is 0 Å². The fourth-order valence-electron chi connectivity index (χ4n) is 3.18. The predicted octanol–water partition coefficient (Wildman–Crippen LogP) is 4.09. The van der Waals surface area contributed by atoms with Gasteiger partial charge in [-0.05, 0) is 31.0 Å². The van der Waals surface area contributed by atoms with Gasteiger partial charge in [0.05, 0.1) is 40.4 Å². The van der Waals surface area contributed by atoms with Gasteiger partial charge in [0.25, 0.3) is 0 Å². The number of nitrogens with zero attached hydrogens (tertiary/aromatic N) is 3. The molecular weight excluding hydrogens is 343 g/mol. The molecule has 1 atom stereocenters. The maximum Gasteiger partial charge on any atom is 0.432 e. The molecule has 0 amide bonds. The Morgan fingerprint density at radius 1 is 1.19 bits per heavy atom. The van der Waals surface area contributed by atoms with Gasteiger partial charge in [-0.2, -0.15) is 28.8 Å². The summed E-state index contributed by atoms with van der Waals surface area (Å²) in [5.41, 5.74) is 0.552. The summed E-state index contributed by atoms with van der Waals surface area (Å²) in [6.45, 7) is 3.43. The van der Waals surface area contributed by atoms with Gasteiger partial charge in [-0.25, -0.2) is 0 Å². The summed E-state index contributed by atoms with van der Waals surface area (Å²) in [4.78, 5) is 0. The van der Waals surface area contributed by atoms with Crippen LogP contribution in [0.3, 0.4) is 0 Å². The van der Waals surface area contributed by atoms with E-state index < -0.39 is 23.4 Å². The van der Waals surface area contributed by atoms with Gasteiger partial charge >= 0.3 is 6.18 Å². The summed E-state index contributed by atoms with van der Waals surface area (Å²) < 4.78 is 40.5. The number of H-pyrrole nitrogens is 1. The number of allylic oxidation sites excluding steroid dienone is 4. The lowest BCUT2D eigenvalue weighted by atomic mass is 9.80. The number of alkyl halides is 3. The largest absolute Gasteiger partial charge is 0.432 e. The van der Waals surface area contributed by atoms with E-state index in [4.69, 9.17) is 0 Å². The highest BCUT2D eigenvalue weighted by Gasteiger charge is 2.43. The Hall–Kier alpha value is -3.26. The van der Waals surface area contributed by atoms with Crippen molar-refractivity contribution in [2.75, 3.05) is 0 Å². The zero-order chi connectivity index (χ0) is 19.1. The van der Waals surface area contributed by atoms with Crippen LogP contribution in [0.25, 0.3) is 10.9 Å². The first-order chi connectivity index (χ1) is 12.3. The highest BCUT2D eigenvalue weighted by Crippen LogP contribution is 2.43. The molecule has 1 aliphatic heterocycles. The van der Waals surface area contributed by atoms with Gasteiger partial charge in [0.2, 0.25) is 0 Å². The second-order valence-electron chi connectivity index (χ2n) is 5.93. The Morgan fingerprint density at radius 3 is 2.46 bits per heavy atom. The molecule has 1 aromatic carbocycles. The fraction of sp³-hybridized carbons (Fsp3) is 0.278. The molecule has 0 fully saturated rings. The van der Waals surface area contributed by atoms with Gasteiger partial charge in [0.1, 0.15) is 5.70 Å². The van der Waals surface area contributed by atoms with Crippen molar-refractivity contribution in [1.29, 1.82) is 10.5 Å². The van der Waals surface area contributed by atoms with E-state index in [-0.39, 0.29) is 17.7 Å². The van der Waals surface area contributed by atoms with E-state index in [1.807, 2.05) is 6.07 Å². The van der Waals surface area contributed by atoms with E-state index in [2.05, 4.69) is 15.5 Å². The normalized spacial score (nSPS) is 17.9.